The highest BCUT2D eigenvalue weighted by molar-refractivity contribution is 5.83. The van der Waals surface area contributed by atoms with Gasteiger partial charge in [-0.3, -0.25) is 4.79 Å². The molecule has 3 saturated carbocycles. The monoisotopic (exact) mass is 373 g/mol. The summed E-state index contributed by atoms with van der Waals surface area (Å²) in [5, 5.41) is 3.24. The molecule has 4 heteroatoms. The highest BCUT2D eigenvalue weighted by Gasteiger charge is 2.61. The molecule has 3 fully saturated rings. The molecule has 4 rings (SSSR count). The van der Waals surface area contributed by atoms with Gasteiger partial charge in [0.05, 0.1) is 0 Å². The largest absolute Gasteiger partial charge is 0.458 e. The lowest BCUT2D eigenvalue weighted by Crippen LogP contribution is -2.56. The van der Waals surface area contributed by atoms with Gasteiger partial charge < -0.3 is 10.1 Å². The van der Waals surface area contributed by atoms with E-state index in [1.165, 1.54) is 0 Å². The first-order valence-electron chi connectivity index (χ1n) is 10.8. The summed E-state index contributed by atoms with van der Waals surface area (Å²) in [5.41, 5.74) is -0.107. The van der Waals surface area contributed by atoms with Crippen LogP contribution in [0.15, 0.2) is 12.2 Å². The third-order valence-corrected chi connectivity index (χ3v) is 8.34. The van der Waals surface area contributed by atoms with E-state index in [9.17, 15) is 9.59 Å². The zero-order valence-electron chi connectivity index (χ0n) is 17.5. The van der Waals surface area contributed by atoms with Crippen molar-refractivity contribution in [2.75, 3.05) is 0 Å². The van der Waals surface area contributed by atoms with Crippen molar-refractivity contribution in [2.45, 2.75) is 84.8 Å². The van der Waals surface area contributed by atoms with Crippen LogP contribution in [0.3, 0.4) is 0 Å². The predicted octanol–water partition coefficient (Wildman–Crippen LogP) is 4.24. The Kier molecular flexibility index (Phi) is 4.29. The van der Waals surface area contributed by atoms with Crippen LogP contribution in [0.1, 0.15) is 73.1 Å². The molecule has 0 spiro atoms. The predicted molar refractivity (Wildman–Crippen MR) is 105 cm³/mol. The van der Waals surface area contributed by atoms with E-state index < -0.39 is 0 Å². The van der Waals surface area contributed by atoms with Crippen LogP contribution < -0.4 is 5.32 Å². The molecule has 0 saturated heterocycles. The Labute approximate surface area is 163 Å². The van der Waals surface area contributed by atoms with Gasteiger partial charge in [0.15, 0.2) is 0 Å². The number of rotatable bonds is 1. The summed E-state index contributed by atoms with van der Waals surface area (Å²) in [6.45, 7) is 10.9. The quantitative estimate of drug-likeness (QED) is 0.700. The summed E-state index contributed by atoms with van der Waals surface area (Å²) < 4.78 is 5.70. The number of nitrogens with one attached hydrogen (secondary N) is 1. The molecule has 4 aliphatic rings. The van der Waals surface area contributed by atoms with Crippen LogP contribution in [0.25, 0.3) is 0 Å². The molecule has 1 heterocycles. The van der Waals surface area contributed by atoms with Gasteiger partial charge in [-0.05, 0) is 82.5 Å². The first-order valence-corrected chi connectivity index (χ1v) is 10.8. The summed E-state index contributed by atoms with van der Waals surface area (Å²) >= 11 is 0. The SMILES string of the molecule is CC(C)(C)NC(=O)[C@H]1CC[C@H]2[C@@H]3CC[C@H]4OC(=O)C=C[C@]4(C)[C@H]3CC[C@]12C. The molecule has 1 N–H and O–H groups in total. The molecule has 1 aliphatic heterocycles. The molecule has 0 aromatic rings. The minimum atomic E-state index is -0.184. The minimum absolute atomic E-state index is 0.0296. The van der Waals surface area contributed by atoms with E-state index in [-0.39, 0.29) is 40.3 Å². The molecule has 0 aromatic heterocycles. The lowest BCUT2D eigenvalue weighted by molar-refractivity contribution is -0.168. The van der Waals surface area contributed by atoms with Gasteiger partial charge in [0.25, 0.3) is 0 Å². The Morgan fingerprint density at radius 3 is 2.56 bits per heavy atom. The van der Waals surface area contributed by atoms with Gasteiger partial charge >= 0.3 is 5.97 Å². The molecule has 150 valence electrons. The van der Waals surface area contributed by atoms with E-state index in [0.29, 0.717) is 17.8 Å². The zero-order valence-corrected chi connectivity index (χ0v) is 17.5. The molecular weight excluding hydrogens is 338 g/mol. The second-order valence-electron chi connectivity index (χ2n) is 11.0. The van der Waals surface area contributed by atoms with E-state index in [0.717, 1.165) is 38.5 Å². The normalized spacial score (nSPS) is 46.1. The Hall–Kier alpha value is -1.32. The lowest BCUT2D eigenvalue weighted by Gasteiger charge is -2.58. The average molecular weight is 374 g/mol. The van der Waals surface area contributed by atoms with E-state index in [1.54, 1.807) is 6.08 Å². The van der Waals surface area contributed by atoms with E-state index in [2.05, 4.69) is 46.0 Å². The Bertz CT molecular complexity index is 678. The number of esters is 1. The number of hydrogen-bond donors (Lipinski definition) is 1. The molecule has 4 nitrogen and oxygen atoms in total. The molecule has 3 aliphatic carbocycles. The third-order valence-electron chi connectivity index (χ3n) is 8.34. The molecule has 1 amide bonds. The van der Waals surface area contributed by atoms with Crippen LogP contribution in [-0.4, -0.2) is 23.5 Å². The number of ether oxygens (including phenoxy) is 1. The highest BCUT2D eigenvalue weighted by Crippen LogP contribution is 2.65. The van der Waals surface area contributed by atoms with Crippen LogP contribution in [0.4, 0.5) is 0 Å². The Morgan fingerprint density at radius 1 is 1.11 bits per heavy atom. The van der Waals surface area contributed by atoms with Gasteiger partial charge in [-0.1, -0.05) is 19.9 Å². The van der Waals surface area contributed by atoms with E-state index in [1.807, 2.05) is 0 Å². The van der Waals surface area contributed by atoms with Crippen molar-refractivity contribution in [2.24, 2.45) is 34.5 Å². The topological polar surface area (TPSA) is 55.4 Å². The number of carbonyl (C=O) groups excluding carboxylic acids is 2. The van der Waals surface area contributed by atoms with Crippen molar-refractivity contribution in [3.8, 4) is 0 Å². The maximum Gasteiger partial charge on any atom is 0.330 e. The maximum absolute atomic E-state index is 13.0. The van der Waals surface area contributed by atoms with Crippen molar-refractivity contribution >= 4 is 11.9 Å². The van der Waals surface area contributed by atoms with Crippen LogP contribution in [0.5, 0.6) is 0 Å². The molecule has 27 heavy (non-hydrogen) atoms. The maximum atomic E-state index is 13.0. The fraction of sp³-hybridized carbons (Fsp3) is 0.826. The van der Waals surface area contributed by atoms with Gasteiger partial charge in [-0.2, -0.15) is 0 Å². The molecule has 0 unspecified atom stereocenters. The minimum Gasteiger partial charge on any atom is -0.458 e. The second kappa shape index (κ2) is 6.09. The highest BCUT2D eigenvalue weighted by atomic mass is 16.5. The lowest BCUT2D eigenvalue weighted by atomic mass is 9.48. The van der Waals surface area contributed by atoms with Crippen molar-refractivity contribution in [3.63, 3.8) is 0 Å². The molecule has 0 radical (unpaired) electrons. The second-order valence-corrected chi connectivity index (χ2v) is 11.0. The summed E-state index contributed by atoms with van der Waals surface area (Å²) in [7, 11) is 0. The standard InChI is InChI=1S/C23H35NO3/c1-21(2,3)24-20(26)17-8-7-15-14-6-9-18-23(5,13-11-19(25)27-18)16(14)10-12-22(15,17)4/h11,13-18H,6-10,12H2,1-5H3,(H,24,26)/t14-,15-,16-,17+,18+,22-,23+/m0/s1. The number of amides is 1. The van der Waals surface area contributed by atoms with Crippen molar-refractivity contribution in [1.29, 1.82) is 0 Å². The molecular formula is C23H35NO3. The number of hydrogen-bond acceptors (Lipinski definition) is 3. The summed E-state index contributed by atoms with van der Waals surface area (Å²) in [6.07, 6.45) is 10.3. The van der Waals surface area contributed by atoms with Crippen molar-refractivity contribution in [3.05, 3.63) is 12.2 Å². The first-order chi connectivity index (χ1) is 12.5. The zero-order chi connectivity index (χ0) is 19.6. The van der Waals surface area contributed by atoms with Crippen LogP contribution in [-0.2, 0) is 14.3 Å². The number of fused-ring (bicyclic) bond motifs is 5. The molecule has 7 atom stereocenters. The van der Waals surface area contributed by atoms with Gasteiger partial charge in [0.1, 0.15) is 6.10 Å². The van der Waals surface area contributed by atoms with Crippen molar-refractivity contribution < 1.29 is 14.3 Å². The van der Waals surface area contributed by atoms with Crippen LogP contribution in [0.2, 0.25) is 0 Å². The van der Waals surface area contributed by atoms with Gasteiger partial charge in [-0.25, -0.2) is 4.79 Å². The van der Waals surface area contributed by atoms with Crippen LogP contribution >= 0.6 is 0 Å². The van der Waals surface area contributed by atoms with E-state index in [4.69, 9.17) is 4.74 Å². The van der Waals surface area contributed by atoms with E-state index >= 15 is 0 Å². The summed E-state index contributed by atoms with van der Waals surface area (Å²) in [5.74, 6) is 2.00. The number of carbonyl (C=O) groups is 2. The van der Waals surface area contributed by atoms with Gasteiger partial charge in [0.2, 0.25) is 5.91 Å². The van der Waals surface area contributed by atoms with Gasteiger partial charge in [0, 0.05) is 22.9 Å². The Balaban J connectivity index is 1.58. The first kappa shape index (κ1) is 19.0. The van der Waals surface area contributed by atoms with Crippen LogP contribution in [0, 0.1) is 34.5 Å². The Morgan fingerprint density at radius 2 is 1.85 bits per heavy atom. The van der Waals surface area contributed by atoms with Gasteiger partial charge in [-0.15, -0.1) is 0 Å². The average Bonchev–Trinajstić information content (AvgIpc) is 2.91. The summed E-state index contributed by atoms with van der Waals surface area (Å²) in [4.78, 5) is 24.8. The smallest absolute Gasteiger partial charge is 0.330 e. The molecule has 0 aromatic carbocycles. The fourth-order valence-electron chi connectivity index (χ4n) is 7.09. The van der Waals surface area contributed by atoms with Crippen molar-refractivity contribution in [1.82, 2.24) is 5.32 Å². The third kappa shape index (κ3) is 2.94. The summed E-state index contributed by atoms with van der Waals surface area (Å²) in [6, 6.07) is 0. The molecule has 0 bridgehead atoms. The fourth-order valence-corrected chi connectivity index (χ4v) is 7.09.